The van der Waals surface area contributed by atoms with Crippen LogP contribution >= 0.6 is 0 Å². The van der Waals surface area contributed by atoms with Crippen LogP contribution in [0.4, 0.5) is 0 Å². The highest BCUT2D eigenvalue weighted by molar-refractivity contribution is 6.26. The van der Waals surface area contributed by atoms with Gasteiger partial charge in [0.2, 0.25) is 0 Å². The number of carbonyl (C=O) groups excluding carboxylic acids is 1. The molecule has 0 spiro atoms. The van der Waals surface area contributed by atoms with Crippen molar-refractivity contribution in [3.05, 3.63) is 0 Å². The van der Waals surface area contributed by atoms with Crippen LogP contribution in [-0.2, 0) is 4.79 Å². The van der Waals surface area contributed by atoms with Gasteiger partial charge in [-0.25, -0.2) is 0 Å². The van der Waals surface area contributed by atoms with Gasteiger partial charge in [-0.3, -0.25) is 4.79 Å². The van der Waals surface area contributed by atoms with E-state index in [0.717, 1.165) is 6.21 Å². The van der Waals surface area contributed by atoms with Gasteiger partial charge in [-0.2, -0.15) is 0 Å². The SMILES string of the molecule is CC1CCC(C)C(C)(C)C1CC(=O)C=N. The number of hydrogen-bond acceptors (Lipinski definition) is 2. The van der Waals surface area contributed by atoms with E-state index in [2.05, 4.69) is 27.7 Å². The molecule has 1 rings (SSSR count). The molecule has 0 aromatic heterocycles. The lowest BCUT2D eigenvalue weighted by Crippen LogP contribution is -2.40. The fraction of sp³-hybridized carbons (Fsp3) is 0.846. The van der Waals surface area contributed by atoms with Crippen molar-refractivity contribution in [1.82, 2.24) is 0 Å². The molecule has 2 nitrogen and oxygen atoms in total. The van der Waals surface area contributed by atoms with Gasteiger partial charge in [0.1, 0.15) is 0 Å². The highest BCUT2D eigenvalue weighted by atomic mass is 16.1. The van der Waals surface area contributed by atoms with Crippen LogP contribution in [0.3, 0.4) is 0 Å². The Hall–Kier alpha value is -0.660. The van der Waals surface area contributed by atoms with Crippen molar-refractivity contribution in [3.8, 4) is 0 Å². The topological polar surface area (TPSA) is 40.9 Å². The summed E-state index contributed by atoms with van der Waals surface area (Å²) in [4.78, 5) is 11.4. The van der Waals surface area contributed by atoms with Gasteiger partial charge in [-0.05, 0) is 29.6 Å². The molecule has 0 heterocycles. The Morgan fingerprint density at radius 3 is 2.53 bits per heavy atom. The second-order valence-electron chi connectivity index (χ2n) is 5.70. The number of nitrogens with one attached hydrogen (secondary N) is 1. The van der Waals surface area contributed by atoms with Crippen LogP contribution in [-0.4, -0.2) is 12.0 Å². The zero-order valence-corrected chi connectivity index (χ0v) is 10.3. The molecular weight excluding hydrogens is 186 g/mol. The quantitative estimate of drug-likeness (QED) is 0.712. The predicted octanol–water partition coefficient (Wildman–Crippen LogP) is 3.30. The first-order valence-corrected chi connectivity index (χ1v) is 5.93. The molecule has 0 aromatic carbocycles. The van der Waals surface area contributed by atoms with E-state index in [1.165, 1.54) is 12.8 Å². The molecule has 3 unspecified atom stereocenters. The molecule has 15 heavy (non-hydrogen) atoms. The van der Waals surface area contributed by atoms with Crippen molar-refractivity contribution in [2.75, 3.05) is 0 Å². The summed E-state index contributed by atoms with van der Waals surface area (Å²) >= 11 is 0. The number of carbonyl (C=O) groups is 1. The summed E-state index contributed by atoms with van der Waals surface area (Å²) in [5, 5.41) is 7.00. The van der Waals surface area contributed by atoms with Gasteiger partial charge in [0.15, 0.2) is 5.78 Å². The van der Waals surface area contributed by atoms with E-state index < -0.39 is 0 Å². The van der Waals surface area contributed by atoms with Gasteiger partial charge < -0.3 is 5.41 Å². The van der Waals surface area contributed by atoms with Crippen molar-refractivity contribution in [1.29, 1.82) is 5.41 Å². The molecule has 3 atom stereocenters. The number of Topliss-reactive ketones (excluding diaryl/α,β-unsaturated/α-hetero) is 1. The first kappa shape index (κ1) is 12.4. The molecule has 0 radical (unpaired) electrons. The van der Waals surface area contributed by atoms with Crippen LogP contribution in [0.1, 0.15) is 47.0 Å². The average Bonchev–Trinajstić information content (AvgIpc) is 2.19. The molecule has 86 valence electrons. The zero-order chi connectivity index (χ0) is 11.6. The van der Waals surface area contributed by atoms with Crippen LogP contribution in [0.5, 0.6) is 0 Å². The number of rotatable bonds is 3. The van der Waals surface area contributed by atoms with Gasteiger partial charge in [0, 0.05) is 6.42 Å². The van der Waals surface area contributed by atoms with E-state index in [1.54, 1.807) is 0 Å². The van der Waals surface area contributed by atoms with Gasteiger partial charge in [0.25, 0.3) is 0 Å². The van der Waals surface area contributed by atoms with E-state index in [-0.39, 0.29) is 11.2 Å². The second-order valence-corrected chi connectivity index (χ2v) is 5.70. The van der Waals surface area contributed by atoms with Gasteiger partial charge in [0.05, 0.1) is 6.21 Å². The molecule has 1 aliphatic rings. The summed E-state index contributed by atoms with van der Waals surface area (Å²) in [5.41, 5.74) is 0.232. The summed E-state index contributed by atoms with van der Waals surface area (Å²) in [6, 6.07) is 0. The lowest BCUT2D eigenvalue weighted by Gasteiger charge is -2.47. The second kappa shape index (κ2) is 4.46. The monoisotopic (exact) mass is 209 g/mol. The summed E-state index contributed by atoms with van der Waals surface area (Å²) < 4.78 is 0. The molecule has 0 saturated heterocycles. The predicted molar refractivity (Wildman–Crippen MR) is 63.2 cm³/mol. The van der Waals surface area contributed by atoms with Crippen LogP contribution < -0.4 is 0 Å². The molecule has 1 N–H and O–H groups in total. The van der Waals surface area contributed by atoms with Gasteiger partial charge in [-0.15, -0.1) is 0 Å². The number of hydrogen-bond donors (Lipinski definition) is 1. The third-order valence-electron chi connectivity index (χ3n) is 4.55. The first-order chi connectivity index (χ1) is 6.89. The Morgan fingerprint density at radius 1 is 1.40 bits per heavy atom. The third-order valence-corrected chi connectivity index (χ3v) is 4.55. The molecule has 1 saturated carbocycles. The molecule has 0 bridgehead atoms. The highest BCUT2D eigenvalue weighted by Crippen LogP contribution is 2.48. The Bertz CT molecular complexity index is 257. The van der Waals surface area contributed by atoms with Crippen LogP contribution in [0.2, 0.25) is 0 Å². The Balaban J connectivity index is 2.80. The molecular formula is C13H23NO. The van der Waals surface area contributed by atoms with E-state index in [0.29, 0.717) is 24.2 Å². The molecule has 0 amide bonds. The summed E-state index contributed by atoms with van der Waals surface area (Å²) in [5.74, 6) is 1.71. The van der Waals surface area contributed by atoms with Crippen LogP contribution in [0.15, 0.2) is 0 Å². The van der Waals surface area contributed by atoms with Crippen molar-refractivity contribution < 1.29 is 4.79 Å². The smallest absolute Gasteiger partial charge is 0.173 e. The molecule has 1 aliphatic carbocycles. The maximum absolute atomic E-state index is 11.4. The lowest BCUT2D eigenvalue weighted by atomic mass is 9.58. The van der Waals surface area contributed by atoms with Crippen LogP contribution in [0, 0.1) is 28.6 Å². The Kier molecular flexibility index (Phi) is 3.69. The van der Waals surface area contributed by atoms with E-state index in [4.69, 9.17) is 5.41 Å². The normalized spacial score (nSPS) is 34.8. The minimum Gasteiger partial charge on any atom is -0.305 e. The minimum atomic E-state index is -0.0194. The van der Waals surface area contributed by atoms with E-state index in [9.17, 15) is 4.79 Å². The highest BCUT2D eigenvalue weighted by Gasteiger charge is 2.41. The number of ketones is 1. The molecule has 2 heteroatoms. The maximum Gasteiger partial charge on any atom is 0.173 e. The maximum atomic E-state index is 11.4. The molecule has 0 aliphatic heterocycles. The largest absolute Gasteiger partial charge is 0.305 e. The van der Waals surface area contributed by atoms with Crippen molar-refractivity contribution >= 4 is 12.0 Å². The Labute approximate surface area is 93.0 Å². The fourth-order valence-electron chi connectivity index (χ4n) is 2.92. The van der Waals surface area contributed by atoms with E-state index >= 15 is 0 Å². The van der Waals surface area contributed by atoms with Crippen molar-refractivity contribution in [3.63, 3.8) is 0 Å². The minimum absolute atomic E-state index is 0.0194. The van der Waals surface area contributed by atoms with Crippen molar-refractivity contribution in [2.24, 2.45) is 23.2 Å². The molecule has 0 aromatic rings. The standard InChI is InChI=1S/C13H23NO/c1-9-5-6-10(2)13(3,4)12(9)7-11(15)8-14/h8-10,12,14H,5-7H2,1-4H3. The first-order valence-electron chi connectivity index (χ1n) is 5.93. The summed E-state index contributed by atoms with van der Waals surface area (Å²) in [6.07, 6.45) is 4.02. The third kappa shape index (κ3) is 2.47. The molecule has 1 fully saturated rings. The van der Waals surface area contributed by atoms with E-state index in [1.807, 2.05) is 0 Å². The fourth-order valence-corrected chi connectivity index (χ4v) is 2.92. The van der Waals surface area contributed by atoms with Crippen LogP contribution in [0.25, 0.3) is 0 Å². The average molecular weight is 209 g/mol. The summed E-state index contributed by atoms with van der Waals surface area (Å²) in [6.45, 7) is 9.08. The van der Waals surface area contributed by atoms with Gasteiger partial charge >= 0.3 is 0 Å². The Morgan fingerprint density at radius 2 is 2.00 bits per heavy atom. The lowest BCUT2D eigenvalue weighted by molar-refractivity contribution is -0.116. The van der Waals surface area contributed by atoms with Crippen molar-refractivity contribution in [2.45, 2.75) is 47.0 Å². The zero-order valence-electron chi connectivity index (χ0n) is 10.3. The summed E-state index contributed by atoms with van der Waals surface area (Å²) in [7, 11) is 0. The van der Waals surface area contributed by atoms with Gasteiger partial charge in [-0.1, -0.05) is 34.1 Å².